The molecule has 2 aromatic rings. The van der Waals surface area contributed by atoms with Gasteiger partial charge in [-0.25, -0.2) is 4.79 Å². The predicted molar refractivity (Wildman–Crippen MR) is 76.4 cm³/mol. The lowest BCUT2D eigenvalue weighted by Crippen LogP contribution is -2.29. The molecule has 6 nitrogen and oxygen atoms in total. The van der Waals surface area contributed by atoms with Gasteiger partial charge in [-0.1, -0.05) is 12.1 Å². The number of benzene rings is 1. The van der Waals surface area contributed by atoms with E-state index in [1.807, 2.05) is 13.0 Å². The minimum atomic E-state index is -0.889. The summed E-state index contributed by atoms with van der Waals surface area (Å²) in [6.07, 6.45) is 2.64. The number of carbonyl (C=O) groups is 1. The van der Waals surface area contributed by atoms with E-state index in [0.29, 0.717) is 23.8 Å². The van der Waals surface area contributed by atoms with Gasteiger partial charge >= 0.3 is 5.97 Å². The van der Waals surface area contributed by atoms with Gasteiger partial charge < -0.3 is 14.5 Å². The molecule has 21 heavy (non-hydrogen) atoms. The van der Waals surface area contributed by atoms with E-state index in [2.05, 4.69) is 15.0 Å². The Morgan fingerprint density at radius 1 is 1.48 bits per heavy atom. The monoisotopic (exact) mass is 287 g/mol. The Hall–Kier alpha value is -2.37. The lowest BCUT2D eigenvalue weighted by atomic mass is 9.99. The van der Waals surface area contributed by atoms with Crippen molar-refractivity contribution in [2.45, 2.75) is 32.7 Å². The van der Waals surface area contributed by atoms with Crippen LogP contribution >= 0.6 is 0 Å². The van der Waals surface area contributed by atoms with E-state index in [1.54, 1.807) is 12.1 Å². The number of aromatic nitrogens is 2. The molecule has 0 unspecified atom stereocenters. The van der Waals surface area contributed by atoms with Crippen molar-refractivity contribution in [2.24, 2.45) is 0 Å². The molecule has 0 aliphatic carbocycles. The van der Waals surface area contributed by atoms with E-state index in [0.717, 1.165) is 37.1 Å². The Kier molecular flexibility index (Phi) is 3.60. The third-order valence-electron chi connectivity index (χ3n) is 3.69. The first-order valence-corrected chi connectivity index (χ1v) is 7.10. The summed E-state index contributed by atoms with van der Waals surface area (Å²) >= 11 is 0. The van der Waals surface area contributed by atoms with Gasteiger partial charge in [0, 0.05) is 18.7 Å². The molecule has 1 aromatic carbocycles. The highest BCUT2D eigenvalue weighted by atomic mass is 16.5. The van der Waals surface area contributed by atoms with Crippen molar-refractivity contribution in [2.75, 3.05) is 11.4 Å². The number of aryl methyl sites for hydroxylation is 2. The van der Waals surface area contributed by atoms with Gasteiger partial charge in [-0.3, -0.25) is 0 Å². The Labute approximate surface area is 122 Å². The maximum atomic E-state index is 11.0. The van der Waals surface area contributed by atoms with Gasteiger partial charge in [0.25, 0.3) is 0 Å². The molecule has 0 fully saturated rings. The molecule has 1 N–H and O–H groups in total. The van der Waals surface area contributed by atoms with Crippen LogP contribution in [0.15, 0.2) is 22.7 Å². The predicted octanol–water partition coefficient (Wildman–Crippen LogP) is 2.28. The Morgan fingerprint density at radius 3 is 3.05 bits per heavy atom. The number of carboxylic acids is 1. The highest BCUT2D eigenvalue weighted by Gasteiger charge is 2.20. The van der Waals surface area contributed by atoms with Crippen LogP contribution in [0, 0.1) is 0 Å². The molecular weight excluding hydrogens is 270 g/mol. The van der Waals surface area contributed by atoms with Crippen molar-refractivity contribution >= 4 is 11.7 Å². The van der Waals surface area contributed by atoms with Crippen molar-refractivity contribution in [3.8, 4) is 0 Å². The highest BCUT2D eigenvalue weighted by Crippen LogP contribution is 2.29. The van der Waals surface area contributed by atoms with Gasteiger partial charge in [-0.05, 0) is 36.6 Å². The molecular formula is C15H17N3O3. The molecule has 3 rings (SSSR count). The summed E-state index contributed by atoms with van der Waals surface area (Å²) in [4.78, 5) is 17.5. The van der Waals surface area contributed by atoms with Crippen molar-refractivity contribution in [3.63, 3.8) is 0 Å². The molecule has 0 radical (unpaired) electrons. The van der Waals surface area contributed by atoms with Gasteiger partial charge in [0.2, 0.25) is 5.89 Å². The van der Waals surface area contributed by atoms with E-state index in [-0.39, 0.29) is 0 Å². The maximum absolute atomic E-state index is 11.0. The lowest BCUT2D eigenvalue weighted by molar-refractivity contribution is 0.0696. The molecule has 6 heteroatoms. The molecule has 1 aromatic heterocycles. The van der Waals surface area contributed by atoms with E-state index in [9.17, 15) is 4.79 Å². The summed E-state index contributed by atoms with van der Waals surface area (Å²) in [5, 5.41) is 13.0. The Morgan fingerprint density at radius 2 is 2.33 bits per heavy atom. The number of fused-ring (bicyclic) bond motifs is 1. The smallest absolute Gasteiger partial charge is 0.335 e. The summed E-state index contributed by atoms with van der Waals surface area (Å²) in [7, 11) is 0. The van der Waals surface area contributed by atoms with Gasteiger partial charge in [-0.15, -0.1) is 0 Å². The van der Waals surface area contributed by atoms with Gasteiger partial charge in [0.1, 0.15) is 0 Å². The molecule has 0 atom stereocenters. The van der Waals surface area contributed by atoms with E-state index < -0.39 is 5.97 Å². The van der Waals surface area contributed by atoms with E-state index in [1.165, 1.54) is 0 Å². The Bertz CT molecular complexity index is 666. The SMILES string of the molecule is CCc1noc(CN2CCCc3cc(C(=O)O)ccc32)n1. The molecule has 0 spiro atoms. The van der Waals surface area contributed by atoms with Crippen LogP contribution in [0.3, 0.4) is 0 Å². The van der Waals surface area contributed by atoms with Crippen LogP contribution in [-0.2, 0) is 19.4 Å². The number of rotatable bonds is 4. The zero-order valence-corrected chi connectivity index (χ0v) is 11.9. The topological polar surface area (TPSA) is 79.5 Å². The molecule has 1 aliphatic heterocycles. The fraction of sp³-hybridized carbons (Fsp3) is 0.400. The van der Waals surface area contributed by atoms with E-state index in [4.69, 9.17) is 9.63 Å². The van der Waals surface area contributed by atoms with Gasteiger partial charge in [0.15, 0.2) is 5.82 Å². The number of hydrogen-bond acceptors (Lipinski definition) is 5. The molecule has 0 saturated carbocycles. The molecule has 0 amide bonds. The first-order valence-electron chi connectivity index (χ1n) is 7.10. The van der Waals surface area contributed by atoms with Crippen molar-refractivity contribution in [1.29, 1.82) is 0 Å². The first-order chi connectivity index (χ1) is 10.2. The highest BCUT2D eigenvalue weighted by molar-refractivity contribution is 5.88. The van der Waals surface area contributed by atoms with E-state index >= 15 is 0 Å². The number of aromatic carboxylic acids is 1. The minimum Gasteiger partial charge on any atom is -0.478 e. The summed E-state index contributed by atoms with van der Waals surface area (Å²) < 4.78 is 5.24. The number of anilines is 1. The quantitative estimate of drug-likeness (QED) is 0.929. The second kappa shape index (κ2) is 5.55. The van der Waals surface area contributed by atoms with Crippen molar-refractivity contribution in [3.05, 3.63) is 41.0 Å². The summed E-state index contributed by atoms with van der Waals surface area (Å²) in [5.74, 6) is 0.421. The van der Waals surface area contributed by atoms with Crippen LogP contribution in [0.1, 0.15) is 41.0 Å². The van der Waals surface area contributed by atoms with Gasteiger partial charge in [-0.2, -0.15) is 4.98 Å². The fourth-order valence-electron chi connectivity index (χ4n) is 2.63. The summed E-state index contributed by atoms with van der Waals surface area (Å²) in [5.41, 5.74) is 2.46. The van der Waals surface area contributed by atoms with Crippen molar-refractivity contribution < 1.29 is 14.4 Å². The number of hydrogen-bond donors (Lipinski definition) is 1. The molecule has 1 aliphatic rings. The average molecular weight is 287 g/mol. The minimum absolute atomic E-state index is 0.335. The largest absolute Gasteiger partial charge is 0.478 e. The second-order valence-electron chi connectivity index (χ2n) is 5.13. The first kappa shape index (κ1) is 13.6. The van der Waals surface area contributed by atoms with Crippen molar-refractivity contribution in [1.82, 2.24) is 10.1 Å². The standard InChI is InChI=1S/C15H17N3O3/c1-2-13-16-14(21-17-13)9-18-7-3-4-10-8-11(15(19)20)5-6-12(10)18/h5-6,8H,2-4,7,9H2,1H3,(H,19,20). The van der Waals surface area contributed by atoms with Gasteiger partial charge in [0.05, 0.1) is 12.1 Å². The summed E-state index contributed by atoms with van der Waals surface area (Å²) in [6.45, 7) is 3.45. The second-order valence-corrected chi connectivity index (χ2v) is 5.13. The third-order valence-corrected chi connectivity index (χ3v) is 3.69. The summed E-state index contributed by atoms with van der Waals surface area (Å²) in [6, 6.07) is 5.27. The molecule has 2 heterocycles. The molecule has 110 valence electrons. The lowest BCUT2D eigenvalue weighted by Gasteiger charge is -2.30. The van der Waals surface area contributed by atoms with Crippen LogP contribution in [0.2, 0.25) is 0 Å². The van der Waals surface area contributed by atoms with Crippen LogP contribution in [0.25, 0.3) is 0 Å². The molecule has 0 saturated heterocycles. The number of carboxylic acid groups (broad SMARTS) is 1. The zero-order chi connectivity index (χ0) is 14.8. The Balaban J connectivity index is 1.84. The van der Waals surface area contributed by atoms with Crippen LogP contribution in [0.4, 0.5) is 5.69 Å². The fourth-order valence-corrected chi connectivity index (χ4v) is 2.63. The van der Waals surface area contributed by atoms with Crippen LogP contribution in [0.5, 0.6) is 0 Å². The average Bonchev–Trinajstić information content (AvgIpc) is 2.94. The van der Waals surface area contributed by atoms with Crippen LogP contribution < -0.4 is 4.90 Å². The third kappa shape index (κ3) is 2.74. The zero-order valence-electron chi connectivity index (χ0n) is 11.9. The maximum Gasteiger partial charge on any atom is 0.335 e. The normalized spacial score (nSPS) is 14.0. The molecule has 0 bridgehead atoms. The van der Waals surface area contributed by atoms with Crippen LogP contribution in [-0.4, -0.2) is 27.8 Å². The number of nitrogens with zero attached hydrogens (tertiary/aromatic N) is 3.